The highest BCUT2D eigenvalue weighted by atomic mass is 32.2. The Hall–Kier alpha value is -2.26. The number of rotatable bonds is 6. The lowest BCUT2D eigenvalue weighted by molar-refractivity contribution is -0.146. The molecule has 0 fully saturated rings. The molecule has 142 valence electrons. The van der Waals surface area contributed by atoms with Crippen LogP contribution in [0, 0.1) is 0 Å². The summed E-state index contributed by atoms with van der Waals surface area (Å²) >= 11 is 0. The number of aliphatic hydroxyl groups is 2. The number of carbonyl (C=O) groups is 1. The van der Waals surface area contributed by atoms with E-state index in [0.717, 1.165) is 5.56 Å². The van der Waals surface area contributed by atoms with Crippen molar-refractivity contribution in [1.82, 2.24) is 0 Å². The molecular formula is C18H23NO6S. The van der Waals surface area contributed by atoms with Gasteiger partial charge in [-0.15, -0.1) is 0 Å². The number of sulfone groups is 1. The van der Waals surface area contributed by atoms with Gasteiger partial charge in [-0.25, -0.2) is 13.2 Å². The van der Waals surface area contributed by atoms with Gasteiger partial charge in [0.15, 0.2) is 15.9 Å². The van der Waals surface area contributed by atoms with E-state index in [1.807, 2.05) is 0 Å². The molecule has 0 bridgehead atoms. The van der Waals surface area contributed by atoms with E-state index in [0.29, 0.717) is 10.5 Å². The summed E-state index contributed by atoms with van der Waals surface area (Å²) in [7, 11) is -3.15. The standard InChI is InChI=1S/C10H15NO3S.C8H8O3/c1-2-15(13,14)9-5-3-8(4-6-9)10(11)7-12;9-7(8(10)11)6-4-2-1-3-5-6/h3-6,10,12H,2,7,11H2,1H3;1-5,7,9H,(H,10,11). The first-order valence-corrected chi connectivity index (χ1v) is 9.53. The third-order valence-corrected chi connectivity index (χ3v) is 5.34. The van der Waals surface area contributed by atoms with Gasteiger partial charge in [-0.05, 0) is 23.3 Å². The Balaban J connectivity index is 0.000000273. The van der Waals surface area contributed by atoms with Crippen molar-refractivity contribution in [2.24, 2.45) is 5.73 Å². The third-order valence-electron chi connectivity index (χ3n) is 3.59. The van der Waals surface area contributed by atoms with Crippen LogP contribution in [0.25, 0.3) is 0 Å². The highest BCUT2D eigenvalue weighted by molar-refractivity contribution is 7.91. The predicted octanol–water partition coefficient (Wildman–Crippen LogP) is 1.28. The minimum atomic E-state index is -3.15. The Labute approximate surface area is 152 Å². The van der Waals surface area contributed by atoms with Gasteiger partial charge in [0.05, 0.1) is 23.3 Å². The van der Waals surface area contributed by atoms with Gasteiger partial charge < -0.3 is 21.1 Å². The number of benzene rings is 2. The zero-order valence-electron chi connectivity index (χ0n) is 14.3. The van der Waals surface area contributed by atoms with E-state index in [4.69, 9.17) is 21.1 Å². The van der Waals surface area contributed by atoms with E-state index >= 15 is 0 Å². The zero-order chi connectivity index (χ0) is 19.7. The molecule has 0 aromatic heterocycles. The average Bonchev–Trinajstić information content (AvgIpc) is 2.68. The fourth-order valence-electron chi connectivity index (χ4n) is 1.97. The molecule has 0 amide bonds. The van der Waals surface area contributed by atoms with Gasteiger partial charge in [0.1, 0.15) is 0 Å². The summed E-state index contributed by atoms with van der Waals surface area (Å²) in [5.74, 6) is -1.14. The lowest BCUT2D eigenvalue weighted by Gasteiger charge is -2.09. The number of nitrogens with two attached hydrogens (primary N) is 1. The largest absolute Gasteiger partial charge is 0.479 e. The van der Waals surface area contributed by atoms with Crippen molar-refractivity contribution in [2.45, 2.75) is 24.0 Å². The molecule has 26 heavy (non-hydrogen) atoms. The van der Waals surface area contributed by atoms with Gasteiger partial charge in [0.2, 0.25) is 0 Å². The van der Waals surface area contributed by atoms with Gasteiger partial charge in [-0.1, -0.05) is 49.4 Å². The van der Waals surface area contributed by atoms with Crippen LogP contribution in [-0.4, -0.2) is 42.1 Å². The Morgan fingerprint density at radius 1 is 1.04 bits per heavy atom. The normalized spacial score (nSPS) is 13.2. The minimum absolute atomic E-state index is 0.0817. The Morgan fingerprint density at radius 3 is 2.00 bits per heavy atom. The first-order valence-electron chi connectivity index (χ1n) is 7.88. The molecule has 8 heteroatoms. The molecule has 0 aliphatic rings. The summed E-state index contributed by atoms with van der Waals surface area (Å²) < 4.78 is 22.9. The first kappa shape index (κ1) is 21.8. The molecule has 0 heterocycles. The monoisotopic (exact) mass is 381 g/mol. The molecule has 0 radical (unpaired) electrons. The van der Waals surface area contributed by atoms with Crippen molar-refractivity contribution in [1.29, 1.82) is 0 Å². The molecule has 2 rings (SSSR count). The van der Waals surface area contributed by atoms with Crippen LogP contribution in [-0.2, 0) is 14.6 Å². The first-order chi connectivity index (χ1) is 12.2. The summed E-state index contributed by atoms with van der Waals surface area (Å²) in [5.41, 5.74) is 6.72. The summed E-state index contributed by atoms with van der Waals surface area (Å²) in [6.07, 6.45) is -1.41. The van der Waals surface area contributed by atoms with E-state index in [9.17, 15) is 13.2 Å². The van der Waals surface area contributed by atoms with Crippen molar-refractivity contribution in [2.75, 3.05) is 12.4 Å². The molecule has 0 saturated heterocycles. The van der Waals surface area contributed by atoms with Crippen molar-refractivity contribution in [3.63, 3.8) is 0 Å². The van der Waals surface area contributed by atoms with Crippen LogP contribution < -0.4 is 5.73 Å². The maximum atomic E-state index is 11.5. The fourth-order valence-corrected chi connectivity index (χ4v) is 2.86. The molecule has 2 atom stereocenters. The quantitative estimate of drug-likeness (QED) is 0.591. The number of hydrogen-bond donors (Lipinski definition) is 4. The van der Waals surface area contributed by atoms with Gasteiger partial charge >= 0.3 is 5.97 Å². The van der Waals surface area contributed by atoms with Gasteiger partial charge in [0.25, 0.3) is 0 Å². The van der Waals surface area contributed by atoms with Gasteiger partial charge in [-0.3, -0.25) is 0 Å². The second-order valence-corrected chi connectivity index (χ2v) is 7.69. The SMILES string of the molecule is CCS(=O)(=O)c1ccc(C(N)CO)cc1.O=C(O)C(O)c1ccccc1. The third kappa shape index (κ3) is 6.23. The van der Waals surface area contributed by atoms with E-state index < -0.39 is 28.0 Å². The summed E-state index contributed by atoms with van der Waals surface area (Å²) in [5, 5.41) is 26.2. The maximum absolute atomic E-state index is 11.5. The maximum Gasteiger partial charge on any atom is 0.337 e. The van der Waals surface area contributed by atoms with Crippen LogP contribution in [0.3, 0.4) is 0 Å². The lowest BCUT2D eigenvalue weighted by Crippen LogP contribution is -2.14. The topological polar surface area (TPSA) is 138 Å². The van der Waals surface area contributed by atoms with Crippen LogP contribution in [0.2, 0.25) is 0 Å². The molecular weight excluding hydrogens is 358 g/mol. The van der Waals surface area contributed by atoms with Crippen LogP contribution in [0.5, 0.6) is 0 Å². The molecule has 0 spiro atoms. The number of aliphatic hydroxyl groups excluding tert-OH is 2. The number of carboxylic acid groups (broad SMARTS) is 1. The summed E-state index contributed by atoms with van der Waals surface area (Å²) in [4.78, 5) is 10.5. The van der Waals surface area contributed by atoms with Crippen molar-refractivity contribution < 1.29 is 28.5 Å². The predicted molar refractivity (Wildman–Crippen MR) is 97.2 cm³/mol. The van der Waals surface area contributed by atoms with E-state index in [2.05, 4.69) is 0 Å². The second kappa shape index (κ2) is 10.0. The lowest BCUT2D eigenvalue weighted by atomic mass is 10.1. The van der Waals surface area contributed by atoms with E-state index in [1.54, 1.807) is 49.4 Å². The van der Waals surface area contributed by atoms with E-state index in [-0.39, 0.29) is 12.4 Å². The Kier molecular flexibility index (Phi) is 8.40. The van der Waals surface area contributed by atoms with Crippen LogP contribution in [0.15, 0.2) is 59.5 Å². The van der Waals surface area contributed by atoms with Gasteiger partial charge in [-0.2, -0.15) is 0 Å². The smallest absolute Gasteiger partial charge is 0.337 e. The minimum Gasteiger partial charge on any atom is -0.479 e. The number of hydrogen-bond acceptors (Lipinski definition) is 6. The molecule has 2 aromatic carbocycles. The van der Waals surface area contributed by atoms with E-state index in [1.165, 1.54) is 12.1 Å². The molecule has 0 saturated carbocycles. The summed E-state index contributed by atoms with van der Waals surface area (Å²) in [6.45, 7) is 1.45. The second-order valence-electron chi connectivity index (χ2n) is 5.41. The molecule has 0 aliphatic heterocycles. The number of aliphatic carboxylic acids is 1. The van der Waals surface area contributed by atoms with Crippen molar-refractivity contribution >= 4 is 15.8 Å². The van der Waals surface area contributed by atoms with Crippen molar-refractivity contribution in [3.8, 4) is 0 Å². The highest BCUT2D eigenvalue weighted by Gasteiger charge is 2.14. The van der Waals surface area contributed by atoms with Crippen LogP contribution in [0.4, 0.5) is 0 Å². The molecule has 2 unspecified atom stereocenters. The van der Waals surface area contributed by atoms with Crippen LogP contribution >= 0.6 is 0 Å². The molecule has 5 N–H and O–H groups in total. The number of carboxylic acids is 1. The summed E-state index contributed by atoms with van der Waals surface area (Å²) in [6, 6.07) is 14.1. The average molecular weight is 381 g/mol. The van der Waals surface area contributed by atoms with Crippen LogP contribution in [0.1, 0.15) is 30.2 Å². The Bertz CT molecular complexity index is 790. The zero-order valence-corrected chi connectivity index (χ0v) is 15.1. The fraction of sp³-hybridized carbons (Fsp3) is 0.278. The molecule has 7 nitrogen and oxygen atoms in total. The molecule has 2 aromatic rings. The molecule has 0 aliphatic carbocycles. The Morgan fingerprint density at radius 2 is 1.58 bits per heavy atom. The van der Waals surface area contributed by atoms with Crippen molar-refractivity contribution in [3.05, 3.63) is 65.7 Å². The van der Waals surface area contributed by atoms with Gasteiger partial charge in [0, 0.05) is 0 Å². The highest BCUT2D eigenvalue weighted by Crippen LogP contribution is 2.15.